The van der Waals surface area contributed by atoms with Crippen LogP contribution in [0.5, 0.6) is 0 Å². The molecule has 1 saturated heterocycles. The SMILES string of the molecule is Cc1cc(NC(=O)c2c(C)c(C(=O)C(=O)NC3CCN(c4cnccn4)CC3)n(C)c2C)ccc1F. The number of hydrogen-bond acceptors (Lipinski definition) is 6. The molecule has 3 heterocycles. The molecule has 1 fully saturated rings. The number of anilines is 2. The van der Waals surface area contributed by atoms with Crippen LogP contribution in [0.15, 0.2) is 36.8 Å². The molecular weight excluding hydrogens is 463 g/mol. The summed E-state index contributed by atoms with van der Waals surface area (Å²) in [7, 11) is 1.65. The lowest BCUT2D eigenvalue weighted by Crippen LogP contribution is -2.47. The molecule has 4 rings (SSSR count). The van der Waals surface area contributed by atoms with E-state index in [4.69, 9.17) is 0 Å². The lowest BCUT2D eigenvalue weighted by atomic mass is 10.0. The quantitative estimate of drug-likeness (QED) is 0.404. The Morgan fingerprint density at radius 2 is 1.81 bits per heavy atom. The highest BCUT2D eigenvalue weighted by Gasteiger charge is 2.30. The highest BCUT2D eigenvalue weighted by atomic mass is 19.1. The highest BCUT2D eigenvalue weighted by molar-refractivity contribution is 6.43. The van der Waals surface area contributed by atoms with Gasteiger partial charge in [0.1, 0.15) is 11.6 Å². The minimum atomic E-state index is -0.697. The van der Waals surface area contributed by atoms with Crippen LogP contribution < -0.4 is 15.5 Å². The van der Waals surface area contributed by atoms with Gasteiger partial charge in [0.05, 0.1) is 17.5 Å². The number of hydrogen-bond donors (Lipinski definition) is 2. The number of halogens is 1. The van der Waals surface area contributed by atoms with Crippen molar-refractivity contribution in [1.82, 2.24) is 19.9 Å². The number of ketones is 1. The Hall–Kier alpha value is -4.08. The Balaban J connectivity index is 1.44. The van der Waals surface area contributed by atoms with Gasteiger partial charge in [0, 0.05) is 50.0 Å². The molecule has 2 aromatic heterocycles. The summed E-state index contributed by atoms with van der Waals surface area (Å²) >= 11 is 0. The first-order valence-electron chi connectivity index (χ1n) is 11.8. The number of carbonyl (C=O) groups is 3. The topological polar surface area (TPSA) is 109 Å². The van der Waals surface area contributed by atoms with E-state index in [-0.39, 0.29) is 17.6 Å². The van der Waals surface area contributed by atoms with Crippen LogP contribution in [0.25, 0.3) is 0 Å². The number of nitrogens with one attached hydrogen (secondary N) is 2. The lowest BCUT2D eigenvalue weighted by molar-refractivity contribution is -0.117. The number of aromatic nitrogens is 3. The van der Waals surface area contributed by atoms with Gasteiger partial charge in [-0.3, -0.25) is 19.4 Å². The summed E-state index contributed by atoms with van der Waals surface area (Å²) in [6, 6.07) is 4.16. The average molecular weight is 493 g/mol. The van der Waals surface area contributed by atoms with Gasteiger partial charge in [-0.2, -0.15) is 0 Å². The Bertz CT molecular complexity index is 1310. The van der Waals surface area contributed by atoms with E-state index in [1.54, 1.807) is 51.0 Å². The third-order valence-corrected chi connectivity index (χ3v) is 6.70. The van der Waals surface area contributed by atoms with E-state index in [0.29, 0.717) is 54.0 Å². The second-order valence-corrected chi connectivity index (χ2v) is 9.04. The minimum Gasteiger partial charge on any atom is -0.355 e. The maximum Gasteiger partial charge on any atom is 0.294 e. The van der Waals surface area contributed by atoms with E-state index in [1.165, 1.54) is 18.2 Å². The molecule has 1 aliphatic rings. The van der Waals surface area contributed by atoms with E-state index in [0.717, 1.165) is 5.82 Å². The number of aryl methyl sites for hydroxylation is 1. The normalized spacial score (nSPS) is 14.0. The Kier molecular flexibility index (Phi) is 7.14. The van der Waals surface area contributed by atoms with Crippen LogP contribution in [0.1, 0.15) is 50.5 Å². The molecule has 36 heavy (non-hydrogen) atoms. The van der Waals surface area contributed by atoms with Crippen LogP contribution in [-0.2, 0) is 11.8 Å². The van der Waals surface area contributed by atoms with Crippen LogP contribution >= 0.6 is 0 Å². The van der Waals surface area contributed by atoms with Crippen LogP contribution in [-0.4, -0.2) is 51.3 Å². The standard InChI is InChI=1S/C26H29FN6O3/c1-15-13-19(5-6-20(15)27)31-25(35)22-16(2)23(32(4)17(22)3)24(34)26(36)30-18-7-11-33(12-8-18)21-14-28-9-10-29-21/h5-6,9-10,13-14,18H,7-8,11-12H2,1-4H3,(H,30,36)(H,31,35). The van der Waals surface area contributed by atoms with Gasteiger partial charge >= 0.3 is 0 Å². The second-order valence-electron chi connectivity index (χ2n) is 9.04. The van der Waals surface area contributed by atoms with Crippen molar-refractivity contribution < 1.29 is 18.8 Å². The number of piperidine rings is 1. The fourth-order valence-electron chi connectivity index (χ4n) is 4.62. The first kappa shape index (κ1) is 25.0. The molecule has 0 saturated carbocycles. The Labute approximate surface area is 208 Å². The number of rotatable bonds is 6. The smallest absolute Gasteiger partial charge is 0.294 e. The van der Waals surface area contributed by atoms with Gasteiger partial charge in [0.15, 0.2) is 0 Å². The van der Waals surface area contributed by atoms with Crippen molar-refractivity contribution in [2.75, 3.05) is 23.3 Å². The predicted molar refractivity (Wildman–Crippen MR) is 134 cm³/mol. The first-order chi connectivity index (χ1) is 17.2. The van der Waals surface area contributed by atoms with Crippen molar-refractivity contribution in [2.24, 2.45) is 7.05 Å². The molecule has 9 nitrogen and oxygen atoms in total. The molecule has 3 aromatic rings. The molecule has 0 bridgehead atoms. The molecular formula is C26H29FN6O3. The summed E-state index contributed by atoms with van der Waals surface area (Å²) in [5.41, 5.74) is 2.31. The summed E-state index contributed by atoms with van der Waals surface area (Å²) in [6.45, 7) is 6.35. The summed E-state index contributed by atoms with van der Waals surface area (Å²) in [5.74, 6) is -1.39. The highest BCUT2D eigenvalue weighted by Crippen LogP contribution is 2.24. The van der Waals surface area contributed by atoms with E-state index in [2.05, 4.69) is 25.5 Å². The average Bonchev–Trinajstić information content (AvgIpc) is 3.09. The van der Waals surface area contributed by atoms with Crippen LogP contribution in [0.2, 0.25) is 0 Å². The molecule has 0 unspecified atom stereocenters. The third kappa shape index (κ3) is 4.98. The van der Waals surface area contributed by atoms with Crippen molar-refractivity contribution in [2.45, 2.75) is 39.7 Å². The van der Waals surface area contributed by atoms with Gasteiger partial charge in [0.2, 0.25) is 0 Å². The van der Waals surface area contributed by atoms with Gasteiger partial charge in [-0.1, -0.05) is 0 Å². The zero-order valence-electron chi connectivity index (χ0n) is 20.8. The van der Waals surface area contributed by atoms with Crippen molar-refractivity contribution in [1.29, 1.82) is 0 Å². The van der Waals surface area contributed by atoms with Crippen LogP contribution in [0.4, 0.5) is 15.9 Å². The number of carbonyl (C=O) groups excluding carboxylic acids is 3. The van der Waals surface area contributed by atoms with Crippen molar-refractivity contribution in [3.63, 3.8) is 0 Å². The molecule has 1 aromatic carbocycles. The molecule has 0 radical (unpaired) electrons. The number of nitrogens with zero attached hydrogens (tertiary/aromatic N) is 4. The monoisotopic (exact) mass is 492 g/mol. The van der Waals surface area contributed by atoms with E-state index < -0.39 is 17.6 Å². The summed E-state index contributed by atoms with van der Waals surface area (Å²) in [4.78, 5) is 49.5. The Morgan fingerprint density at radius 1 is 1.08 bits per heavy atom. The Morgan fingerprint density at radius 3 is 2.44 bits per heavy atom. The molecule has 2 amide bonds. The van der Waals surface area contributed by atoms with Crippen LogP contribution in [0.3, 0.4) is 0 Å². The zero-order chi connectivity index (χ0) is 26.0. The minimum absolute atomic E-state index is 0.138. The number of amides is 2. The van der Waals surface area contributed by atoms with Gasteiger partial charge < -0.3 is 20.1 Å². The van der Waals surface area contributed by atoms with Crippen molar-refractivity contribution in [3.8, 4) is 0 Å². The maximum absolute atomic E-state index is 13.6. The van der Waals surface area contributed by atoms with E-state index >= 15 is 0 Å². The third-order valence-electron chi connectivity index (χ3n) is 6.70. The lowest BCUT2D eigenvalue weighted by Gasteiger charge is -2.32. The van der Waals surface area contributed by atoms with Crippen LogP contribution in [0, 0.1) is 26.6 Å². The number of Topliss-reactive ketones (excluding diaryl/α,β-unsaturated/α-hetero) is 1. The van der Waals surface area contributed by atoms with E-state index in [9.17, 15) is 18.8 Å². The fraction of sp³-hybridized carbons (Fsp3) is 0.346. The van der Waals surface area contributed by atoms with Crippen molar-refractivity contribution in [3.05, 3.63) is 70.7 Å². The maximum atomic E-state index is 13.6. The number of benzene rings is 1. The molecule has 0 aliphatic carbocycles. The molecule has 0 spiro atoms. The first-order valence-corrected chi connectivity index (χ1v) is 11.8. The summed E-state index contributed by atoms with van der Waals surface area (Å²) in [6.07, 6.45) is 6.31. The van der Waals surface area contributed by atoms with Gasteiger partial charge in [-0.25, -0.2) is 9.37 Å². The molecule has 188 valence electrons. The summed E-state index contributed by atoms with van der Waals surface area (Å²) < 4.78 is 15.1. The van der Waals surface area contributed by atoms with Gasteiger partial charge in [-0.05, 0) is 62.9 Å². The van der Waals surface area contributed by atoms with Crippen molar-refractivity contribution >= 4 is 29.1 Å². The molecule has 0 atom stereocenters. The second kappa shape index (κ2) is 10.3. The molecule has 10 heteroatoms. The molecule has 1 aliphatic heterocycles. The predicted octanol–water partition coefficient (Wildman–Crippen LogP) is 3.10. The van der Waals surface area contributed by atoms with Gasteiger partial charge in [0.25, 0.3) is 17.6 Å². The fourth-order valence-corrected chi connectivity index (χ4v) is 4.62. The largest absolute Gasteiger partial charge is 0.355 e. The van der Waals surface area contributed by atoms with Gasteiger partial charge in [-0.15, -0.1) is 0 Å². The summed E-state index contributed by atoms with van der Waals surface area (Å²) in [5, 5.41) is 5.61. The zero-order valence-corrected chi connectivity index (χ0v) is 20.8. The van der Waals surface area contributed by atoms with E-state index in [1.807, 2.05) is 0 Å². The molecule has 2 N–H and O–H groups in total.